The van der Waals surface area contributed by atoms with Crippen molar-refractivity contribution in [2.24, 2.45) is 0 Å². The van der Waals surface area contributed by atoms with Crippen LogP contribution in [0.15, 0.2) is 0 Å². The normalized spacial score (nSPS) is 24.9. The van der Waals surface area contributed by atoms with Crippen molar-refractivity contribution in [2.45, 2.75) is 118 Å². The highest BCUT2D eigenvalue weighted by Gasteiger charge is 2.30. The van der Waals surface area contributed by atoms with Crippen LogP contribution in [0.4, 0.5) is 0 Å². The summed E-state index contributed by atoms with van der Waals surface area (Å²) in [4.78, 5) is 5.51. The van der Waals surface area contributed by atoms with Crippen LogP contribution in [-0.4, -0.2) is 47.6 Å². The minimum absolute atomic E-state index is 0.721. The molecule has 1 saturated carbocycles. The number of rotatable bonds is 5. The zero-order valence-corrected chi connectivity index (χ0v) is 17.4. The fourth-order valence-electron chi connectivity index (χ4n) is 3.98. The molecule has 0 bridgehead atoms. The van der Waals surface area contributed by atoms with E-state index in [2.05, 4.69) is 44.4 Å². The molecule has 2 rings (SSSR count). The maximum absolute atomic E-state index is 2.76. The number of likely N-dealkylation sites (tertiary alicyclic amines) is 1. The number of nitrogens with zero attached hydrogens (tertiary/aromatic N) is 2. The molecule has 0 atom stereocenters. The molecule has 2 fully saturated rings. The van der Waals surface area contributed by atoms with Gasteiger partial charge in [-0.05, 0) is 78.4 Å². The van der Waals surface area contributed by atoms with Gasteiger partial charge in [0, 0.05) is 18.1 Å². The summed E-state index contributed by atoms with van der Waals surface area (Å²) < 4.78 is 0. The Hall–Kier alpha value is -0.0800. The van der Waals surface area contributed by atoms with Gasteiger partial charge in [-0.2, -0.15) is 0 Å². The van der Waals surface area contributed by atoms with Gasteiger partial charge in [0.25, 0.3) is 0 Å². The summed E-state index contributed by atoms with van der Waals surface area (Å²) in [5, 5.41) is 0. The van der Waals surface area contributed by atoms with E-state index in [9.17, 15) is 0 Å². The van der Waals surface area contributed by atoms with E-state index in [4.69, 9.17) is 0 Å². The van der Waals surface area contributed by atoms with E-state index in [0.29, 0.717) is 0 Å². The molecular formula is C21H46N2. The van der Waals surface area contributed by atoms with E-state index >= 15 is 0 Å². The third kappa shape index (κ3) is 8.54. The van der Waals surface area contributed by atoms with Crippen molar-refractivity contribution in [3.63, 3.8) is 0 Å². The first-order valence-corrected chi connectivity index (χ1v) is 10.6. The summed E-state index contributed by atoms with van der Waals surface area (Å²) in [6, 6.07) is 2.50. The third-order valence-corrected chi connectivity index (χ3v) is 4.94. The van der Waals surface area contributed by atoms with Crippen molar-refractivity contribution in [3.05, 3.63) is 0 Å². The lowest BCUT2D eigenvalue weighted by atomic mass is 9.88. The number of hydrogen-bond acceptors (Lipinski definition) is 2. The molecule has 1 heterocycles. The van der Waals surface area contributed by atoms with Crippen LogP contribution >= 0.6 is 0 Å². The highest BCUT2D eigenvalue weighted by Crippen LogP contribution is 2.29. The Kier molecular flexibility index (Phi) is 14.2. The lowest BCUT2D eigenvalue weighted by Crippen LogP contribution is -2.46. The summed E-state index contributed by atoms with van der Waals surface area (Å²) in [7, 11) is 0. The summed E-state index contributed by atoms with van der Waals surface area (Å²) in [6.45, 7) is 19.3. The molecule has 2 heteroatoms. The molecule has 2 nitrogen and oxygen atoms in total. The average molecular weight is 327 g/mol. The zero-order valence-electron chi connectivity index (χ0n) is 17.4. The minimum atomic E-state index is 0.721. The first-order chi connectivity index (χ1) is 11.1. The minimum Gasteiger partial charge on any atom is -0.300 e. The molecule has 1 aliphatic carbocycles. The van der Waals surface area contributed by atoms with Crippen LogP contribution in [0, 0.1) is 0 Å². The topological polar surface area (TPSA) is 6.48 Å². The number of hydrogen-bond donors (Lipinski definition) is 0. The quantitative estimate of drug-likeness (QED) is 0.615. The maximum atomic E-state index is 2.76. The van der Waals surface area contributed by atoms with Gasteiger partial charge < -0.3 is 4.90 Å². The molecule has 0 N–H and O–H groups in total. The summed E-state index contributed by atoms with van der Waals surface area (Å²) in [5.74, 6) is 0. The Balaban J connectivity index is 0.000000868. The summed E-state index contributed by atoms with van der Waals surface area (Å²) in [6.07, 6.45) is 11.2. The van der Waals surface area contributed by atoms with E-state index < -0.39 is 0 Å². The van der Waals surface area contributed by atoms with Gasteiger partial charge in [0.2, 0.25) is 0 Å². The molecule has 2 aliphatic rings. The van der Waals surface area contributed by atoms with Gasteiger partial charge in [0.15, 0.2) is 0 Å². The third-order valence-electron chi connectivity index (χ3n) is 4.94. The van der Waals surface area contributed by atoms with E-state index in [1.807, 2.05) is 13.8 Å². The Morgan fingerprint density at radius 3 is 1.78 bits per heavy atom. The Labute approximate surface area is 148 Å². The van der Waals surface area contributed by atoms with Crippen molar-refractivity contribution < 1.29 is 0 Å². The molecule has 0 amide bonds. The first kappa shape index (κ1) is 22.9. The fraction of sp³-hybridized carbons (Fsp3) is 1.00. The Morgan fingerprint density at radius 1 is 0.913 bits per heavy atom. The van der Waals surface area contributed by atoms with Crippen LogP contribution < -0.4 is 0 Å². The Morgan fingerprint density at radius 2 is 1.39 bits per heavy atom. The van der Waals surface area contributed by atoms with Gasteiger partial charge in [-0.3, -0.25) is 4.90 Å². The molecule has 0 aromatic rings. The molecule has 1 aliphatic heterocycles. The van der Waals surface area contributed by atoms with Crippen LogP contribution in [0.25, 0.3) is 0 Å². The molecule has 23 heavy (non-hydrogen) atoms. The van der Waals surface area contributed by atoms with E-state index in [-0.39, 0.29) is 0 Å². The molecule has 0 unspecified atom stereocenters. The lowest BCUT2D eigenvalue weighted by molar-refractivity contribution is 0.0854. The Bertz CT molecular complexity index is 238. The van der Waals surface area contributed by atoms with Crippen LogP contribution in [0.3, 0.4) is 0 Å². The molecular weight excluding hydrogens is 280 g/mol. The smallest absolute Gasteiger partial charge is 0.00991 e. The van der Waals surface area contributed by atoms with Crippen molar-refractivity contribution in [1.82, 2.24) is 9.80 Å². The zero-order chi connectivity index (χ0) is 17.7. The highest BCUT2D eigenvalue weighted by molar-refractivity contribution is 4.86. The lowest BCUT2D eigenvalue weighted by Gasteiger charge is -2.41. The second kappa shape index (κ2) is 14.3. The maximum Gasteiger partial charge on any atom is 0.00991 e. The molecule has 0 radical (unpaired) electrons. The van der Waals surface area contributed by atoms with Crippen molar-refractivity contribution >= 4 is 0 Å². The van der Waals surface area contributed by atoms with Crippen molar-refractivity contribution in [1.29, 1.82) is 0 Å². The molecule has 0 aromatic carbocycles. The largest absolute Gasteiger partial charge is 0.300 e. The first-order valence-electron chi connectivity index (χ1n) is 10.6. The van der Waals surface area contributed by atoms with Crippen molar-refractivity contribution in [3.8, 4) is 0 Å². The van der Waals surface area contributed by atoms with Gasteiger partial charge in [-0.15, -0.1) is 0 Å². The second-order valence-electron chi connectivity index (χ2n) is 7.24. The van der Waals surface area contributed by atoms with E-state index in [0.717, 1.165) is 18.1 Å². The van der Waals surface area contributed by atoms with E-state index in [1.165, 1.54) is 71.0 Å². The van der Waals surface area contributed by atoms with E-state index in [1.54, 1.807) is 0 Å². The standard InChI is InChI=1S/C16H32N2.C3H8.C2H6/c1-4-11-18(14(2)3)16-9-7-15(8-10-16)17-12-5-6-13-17;1-3-2;1-2/h14-16H,4-13H2,1-3H3;3H2,1-2H3;1-2H3. The predicted molar refractivity (Wildman–Crippen MR) is 106 cm³/mol. The van der Waals surface area contributed by atoms with Gasteiger partial charge in [-0.25, -0.2) is 0 Å². The van der Waals surface area contributed by atoms with Gasteiger partial charge in [-0.1, -0.05) is 41.0 Å². The van der Waals surface area contributed by atoms with Crippen LogP contribution in [0.2, 0.25) is 0 Å². The highest BCUT2D eigenvalue weighted by atomic mass is 15.2. The summed E-state index contributed by atoms with van der Waals surface area (Å²) >= 11 is 0. The molecule has 1 saturated heterocycles. The molecule has 140 valence electrons. The average Bonchev–Trinajstić information content (AvgIpc) is 3.10. The van der Waals surface area contributed by atoms with Crippen LogP contribution in [-0.2, 0) is 0 Å². The van der Waals surface area contributed by atoms with Crippen LogP contribution in [0.5, 0.6) is 0 Å². The fourth-order valence-corrected chi connectivity index (χ4v) is 3.98. The van der Waals surface area contributed by atoms with Gasteiger partial charge in [0.05, 0.1) is 0 Å². The monoisotopic (exact) mass is 326 g/mol. The van der Waals surface area contributed by atoms with Crippen molar-refractivity contribution in [2.75, 3.05) is 19.6 Å². The molecule has 0 aromatic heterocycles. The van der Waals surface area contributed by atoms with Crippen LogP contribution in [0.1, 0.15) is 99.8 Å². The molecule has 0 spiro atoms. The van der Waals surface area contributed by atoms with Gasteiger partial charge >= 0.3 is 0 Å². The van der Waals surface area contributed by atoms with Gasteiger partial charge in [0.1, 0.15) is 0 Å². The second-order valence-corrected chi connectivity index (χ2v) is 7.24. The summed E-state index contributed by atoms with van der Waals surface area (Å²) in [5.41, 5.74) is 0. The predicted octanol–water partition coefficient (Wildman–Crippen LogP) is 5.96. The SMILES string of the molecule is CC.CCC.CCCN(C(C)C)C1CCC(N2CCCC2)CC1.